The van der Waals surface area contributed by atoms with E-state index in [2.05, 4.69) is 4.90 Å². The van der Waals surface area contributed by atoms with Gasteiger partial charge in [0.25, 0.3) is 0 Å². The van der Waals surface area contributed by atoms with E-state index in [1.165, 1.54) is 23.9 Å². The zero-order chi connectivity index (χ0) is 19.6. The predicted octanol–water partition coefficient (Wildman–Crippen LogP) is 1.25. The Morgan fingerprint density at radius 3 is 2.63 bits per heavy atom. The molecule has 9 heteroatoms. The van der Waals surface area contributed by atoms with Crippen LogP contribution in [0.25, 0.3) is 5.69 Å². The highest BCUT2D eigenvalue weighted by molar-refractivity contribution is 5.98. The average Bonchev–Trinajstić information content (AvgIpc) is 3.03. The van der Waals surface area contributed by atoms with E-state index in [0.717, 1.165) is 5.69 Å². The van der Waals surface area contributed by atoms with E-state index in [-0.39, 0.29) is 28.2 Å². The van der Waals surface area contributed by atoms with Crippen molar-refractivity contribution >= 4 is 23.3 Å². The van der Waals surface area contributed by atoms with Crippen LogP contribution in [0.4, 0.5) is 11.4 Å². The van der Waals surface area contributed by atoms with Crippen molar-refractivity contribution in [2.75, 3.05) is 44.0 Å². The highest BCUT2D eigenvalue weighted by Crippen LogP contribution is 2.30. The molecule has 0 radical (unpaired) electrons. The van der Waals surface area contributed by atoms with E-state index in [1.807, 2.05) is 6.07 Å². The molecule has 0 unspecified atom stereocenters. The van der Waals surface area contributed by atoms with Gasteiger partial charge in [0.05, 0.1) is 42.8 Å². The van der Waals surface area contributed by atoms with Crippen molar-refractivity contribution in [2.45, 2.75) is 0 Å². The Labute approximate surface area is 155 Å². The molecule has 2 aromatic rings. The van der Waals surface area contributed by atoms with Gasteiger partial charge in [-0.2, -0.15) is 5.26 Å². The van der Waals surface area contributed by atoms with Gasteiger partial charge in [-0.25, -0.2) is 9.59 Å². The lowest BCUT2D eigenvalue weighted by molar-refractivity contribution is 0.0591. The minimum Gasteiger partial charge on any atom is -0.478 e. The van der Waals surface area contributed by atoms with Crippen LogP contribution in [-0.2, 0) is 9.47 Å². The molecule has 1 fully saturated rings. The van der Waals surface area contributed by atoms with Crippen molar-refractivity contribution < 1.29 is 24.2 Å². The Kier molecular flexibility index (Phi) is 5.00. The van der Waals surface area contributed by atoms with Crippen LogP contribution in [0.5, 0.6) is 0 Å². The molecule has 1 saturated heterocycles. The summed E-state index contributed by atoms with van der Waals surface area (Å²) in [4.78, 5) is 26.0. The molecule has 140 valence electrons. The summed E-state index contributed by atoms with van der Waals surface area (Å²) in [6, 6.07) is 6.72. The number of ether oxygens (including phenoxy) is 2. The van der Waals surface area contributed by atoms with Gasteiger partial charge < -0.3 is 29.8 Å². The topological polar surface area (TPSA) is 131 Å². The van der Waals surface area contributed by atoms with Crippen molar-refractivity contribution in [3.63, 3.8) is 0 Å². The number of carboxylic acid groups (broad SMARTS) is 1. The molecule has 0 spiro atoms. The fraction of sp³-hybridized carbons (Fsp3) is 0.278. The first-order valence-electron chi connectivity index (χ1n) is 8.17. The summed E-state index contributed by atoms with van der Waals surface area (Å²) in [6.45, 7) is 2.46. The normalized spacial score (nSPS) is 13.9. The maximum Gasteiger partial charge on any atom is 0.357 e. The van der Waals surface area contributed by atoms with Gasteiger partial charge in [0.15, 0.2) is 5.69 Å². The summed E-state index contributed by atoms with van der Waals surface area (Å²) in [5, 5.41) is 18.8. The maximum atomic E-state index is 12.2. The Bertz CT molecular complexity index is 938. The molecule has 2 heterocycles. The molecule has 27 heavy (non-hydrogen) atoms. The SMILES string of the molecule is COC(=O)c1c(N)c(C#N)cn1-c1cc(N2CCOCC2)ccc1C(=O)O. The largest absolute Gasteiger partial charge is 0.478 e. The first-order valence-corrected chi connectivity index (χ1v) is 8.17. The third-order valence-electron chi connectivity index (χ3n) is 4.39. The molecule has 0 aliphatic carbocycles. The molecule has 9 nitrogen and oxygen atoms in total. The Balaban J connectivity index is 2.21. The van der Waals surface area contributed by atoms with Crippen molar-refractivity contribution in [1.82, 2.24) is 4.57 Å². The van der Waals surface area contributed by atoms with Gasteiger partial charge in [-0.3, -0.25) is 0 Å². The average molecular weight is 370 g/mol. The summed E-state index contributed by atoms with van der Waals surface area (Å²) in [6.07, 6.45) is 1.34. The molecule has 3 rings (SSSR count). The molecule has 1 aromatic heterocycles. The van der Waals surface area contributed by atoms with E-state index in [1.54, 1.807) is 12.1 Å². The maximum absolute atomic E-state index is 12.2. The number of aromatic nitrogens is 1. The monoisotopic (exact) mass is 370 g/mol. The summed E-state index contributed by atoms with van der Waals surface area (Å²) in [5.41, 5.74) is 6.80. The van der Waals surface area contributed by atoms with Crippen LogP contribution in [0, 0.1) is 11.3 Å². The van der Waals surface area contributed by atoms with Gasteiger partial charge in [0.2, 0.25) is 0 Å². The van der Waals surface area contributed by atoms with Crippen LogP contribution in [-0.4, -0.2) is 55.0 Å². The number of carboxylic acids is 1. The van der Waals surface area contributed by atoms with Gasteiger partial charge >= 0.3 is 11.9 Å². The zero-order valence-corrected chi connectivity index (χ0v) is 14.6. The molecule has 0 atom stereocenters. The lowest BCUT2D eigenvalue weighted by atomic mass is 10.1. The van der Waals surface area contributed by atoms with E-state index in [0.29, 0.717) is 26.3 Å². The third-order valence-corrected chi connectivity index (χ3v) is 4.39. The third kappa shape index (κ3) is 3.30. The van der Waals surface area contributed by atoms with Gasteiger partial charge in [-0.05, 0) is 18.2 Å². The standard InChI is InChI=1S/C18H18N4O5/c1-26-18(25)16-15(20)11(9-19)10-22(16)14-8-12(2-3-13(14)17(23)24)21-4-6-27-7-5-21/h2-3,8,10H,4-7,20H2,1H3,(H,23,24). The fourth-order valence-electron chi connectivity index (χ4n) is 3.02. The Hall–Kier alpha value is -3.51. The summed E-state index contributed by atoms with van der Waals surface area (Å²) in [5.74, 6) is -1.93. The molecule has 3 N–H and O–H groups in total. The van der Waals surface area contributed by atoms with Crippen LogP contribution >= 0.6 is 0 Å². The Morgan fingerprint density at radius 1 is 1.33 bits per heavy atom. The number of hydrogen-bond acceptors (Lipinski definition) is 7. The minimum absolute atomic E-state index is 0.0309. The van der Waals surface area contributed by atoms with Crippen molar-refractivity contribution in [2.24, 2.45) is 0 Å². The van der Waals surface area contributed by atoms with Gasteiger partial charge in [-0.15, -0.1) is 0 Å². The number of nitrogens with zero attached hydrogens (tertiary/aromatic N) is 3. The quantitative estimate of drug-likeness (QED) is 0.769. The van der Waals surface area contributed by atoms with E-state index in [9.17, 15) is 20.0 Å². The van der Waals surface area contributed by atoms with E-state index in [4.69, 9.17) is 15.2 Å². The lowest BCUT2D eigenvalue weighted by Crippen LogP contribution is -2.36. The van der Waals surface area contributed by atoms with E-state index >= 15 is 0 Å². The number of esters is 1. The van der Waals surface area contributed by atoms with Gasteiger partial charge in [0.1, 0.15) is 6.07 Å². The van der Waals surface area contributed by atoms with Crippen molar-refractivity contribution in [3.05, 3.63) is 41.2 Å². The number of nitrogen functional groups attached to an aromatic ring is 1. The summed E-state index contributed by atoms with van der Waals surface area (Å²) >= 11 is 0. The van der Waals surface area contributed by atoms with Gasteiger partial charge in [-0.1, -0.05) is 0 Å². The minimum atomic E-state index is -1.17. The number of carbonyl (C=O) groups is 2. The number of methoxy groups -OCH3 is 1. The molecule has 0 bridgehead atoms. The number of nitrogens with two attached hydrogens (primary N) is 1. The molecular weight excluding hydrogens is 352 g/mol. The van der Waals surface area contributed by atoms with Crippen LogP contribution in [0.3, 0.4) is 0 Å². The predicted molar refractivity (Wildman–Crippen MR) is 96.2 cm³/mol. The first kappa shape index (κ1) is 18.3. The number of aromatic carboxylic acids is 1. The van der Waals surface area contributed by atoms with Crippen molar-refractivity contribution in [1.29, 1.82) is 5.26 Å². The Morgan fingerprint density at radius 2 is 2.04 bits per heavy atom. The smallest absolute Gasteiger partial charge is 0.357 e. The number of nitriles is 1. The van der Waals surface area contributed by atoms with Crippen molar-refractivity contribution in [3.8, 4) is 11.8 Å². The lowest BCUT2D eigenvalue weighted by Gasteiger charge is -2.29. The number of rotatable bonds is 4. The van der Waals surface area contributed by atoms with Crippen LogP contribution < -0.4 is 10.6 Å². The number of benzene rings is 1. The fourth-order valence-corrected chi connectivity index (χ4v) is 3.02. The second-order valence-corrected chi connectivity index (χ2v) is 5.88. The number of anilines is 2. The summed E-state index contributed by atoms with van der Waals surface area (Å²) < 4.78 is 11.4. The van der Waals surface area contributed by atoms with Crippen LogP contribution in [0.15, 0.2) is 24.4 Å². The first-order chi connectivity index (χ1) is 13.0. The highest BCUT2D eigenvalue weighted by Gasteiger charge is 2.25. The second kappa shape index (κ2) is 7.39. The zero-order valence-electron chi connectivity index (χ0n) is 14.6. The molecule has 1 aliphatic heterocycles. The van der Waals surface area contributed by atoms with Crippen LogP contribution in [0.2, 0.25) is 0 Å². The van der Waals surface area contributed by atoms with Gasteiger partial charge in [0, 0.05) is 25.0 Å². The van der Waals surface area contributed by atoms with E-state index < -0.39 is 11.9 Å². The summed E-state index contributed by atoms with van der Waals surface area (Å²) in [7, 11) is 1.19. The molecule has 0 amide bonds. The number of carbonyl (C=O) groups excluding carboxylic acids is 1. The van der Waals surface area contributed by atoms with Crippen LogP contribution in [0.1, 0.15) is 26.4 Å². The highest BCUT2D eigenvalue weighted by atomic mass is 16.5. The number of hydrogen-bond donors (Lipinski definition) is 2. The molecular formula is C18H18N4O5. The second-order valence-electron chi connectivity index (χ2n) is 5.88. The molecule has 0 saturated carbocycles. The molecule has 1 aromatic carbocycles. The number of morpholine rings is 1. The molecule has 1 aliphatic rings.